The first-order chi connectivity index (χ1) is 24.1. The maximum absolute atomic E-state index is 14.0. The monoisotopic (exact) mass is 675 g/mol. The van der Waals surface area contributed by atoms with E-state index in [4.69, 9.17) is 21.3 Å². The summed E-state index contributed by atoms with van der Waals surface area (Å²) in [5.41, 5.74) is 11.4. The second kappa shape index (κ2) is 14.6. The third-order valence-corrected chi connectivity index (χ3v) is 9.72. The SMILES string of the molecule is CN/C=N\C(=N)c1ccc(C2=CCN(C(=O)CN3CCC4(CCN(c5ccc(N)c(C(=N)c6ccc(OC(C)C)nc6)c5)C4=O)C3)CC2)cc1. The summed E-state index contributed by atoms with van der Waals surface area (Å²) in [6.07, 6.45) is 7.38. The molecule has 12 heteroatoms. The molecule has 0 radical (unpaired) electrons. The number of nitrogens with one attached hydrogen (secondary N) is 3. The van der Waals surface area contributed by atoms with Crippen molar-refractivity contribution in [2.75, 3.05) is 56.9 Å². The van der Waals surface area contributed by atoms with Gasteiger partial charge in [0.1, 0.15) is 0 Å². The molecule has 6 rings (SSSR count). The Morgan fingerprint density at radius 1 is 1.08 bits per heavy atom. The number of carbonyl (C=O) groups excluding carboxylic acids is 2. The highest BCUT2D eigenvalue weighted by Gasteiger charge is 2.51. The number of amides is 2. The lowest BCUT2D eigenvalue weighted by Crippen LogP contribution is -2.43. The zero-order valence-corrected chi connectivity index (χ0v) is 28.9. The molecule has 1 aromatic heterocycles. The number of likely N-dealkylation sites (tertiary alicyclic amines) is 1. The molecule has 0 bridgehead atoms. The van der Waals surface area contributed by atoms with Crippen molar-refractivity contribution in [1.82, 2.24) is 20.1 Å². The van der Waals surface area contributed by atoms with Crippen molar-refractivity contribution in [2.24, 2.45) is 10.4 Å². The molecule has 50 heavy (non-hydrogen) atoms. The number of hydrogen-bond donors (Lipinski definition) is 4. The maximum atomic E-state index is 14.0. The average Bonchev–Trinajstić information content (AvgIpc) is 3.68. The lowest BCUT2D eigenvalue weighted by molar-refractivity contribution is -0.132. The topological polar surface area (TPSA) is 164 Å². The van der Waals surface area contributed by atoms with Crippen LogP contribution in [0.1, 0.15) is 55.4 Å². The standard InChI is InChI=1S/C38H45N9O3/c1-25(2)50-33-11-8-29(21-43-33)35(40)31-20-30(9-10-32(31)39)47-19-15-38(37(47)49)14-18-45(23-38)22-34(48)46-16-12-27(13-17-46)26-4-6-28(7-5-26)36(41)44-24-42-3/h4-12,20-21,24-25,40H,13-19,22-23,39H2,1-3H3,(H2,41,42,44). The smallest absolute Gasteiger partial charge is 0.237 e. The fourth-order valence-corrected chi connectivity index (χ4v) is 6.96. The van der Waals surface area contributed by atoms with Gasteiger partial charge in [-0.1, -0.05) is 30.3 Å². The minimum atomic E-state index is -0.526. The first kappa shape index (κ1) is 34.5. The molecular formula is C38H45N9O3. The first-order valence-corrected chi connectivity index (χ1v) is 17.1. The van der Waals surface area contributed by atoms with E-state index >= 15 is 0 Å². The molecule has 260 valence electrons. The van der Waals surface area contributed by atoms with Crippen LogP contribution in [0.25, 0.3) is 5.57 Å². The van der Waals surface area contributed by atoms with Gasteiger partial charge in [-0.25, -0.2) is 9.98 Å². The van der Waals surface area contributed by atoms with E-state index in [9.17, 15) is 9.59 Å². The molecule has 4 heterocycles. The lowest BCUT2D eigenvalue weighted by Gasteiger charge is -2.29. The second-order valence-corrected chi connectivity index (χ2v) is 13.4. The Kier molecular flexibility index (Phi) is 10.1. The molecule has 5 N–H and O–H groups in total. The molecule has 2 aromatic carbocycles. The number of benzene rings is 2. The molecule has 2 saturated heterocycles. The molecule has 3 aliphatic heterocycles. The van der Waals surface area contributed by atoms with Crippen LogP contribution in [-0.4, -0.2) is 96.9 Å². The van der Waals surface area contributed by atoms with Crippen LogP contribution in [-0.2, 0) is 9.59 Å². The van der Waals surface area contributed by atoms with E-state index in [-0.39, 0.29) is 29.5 Å². The zero-order chi connectivity index (χ0) is 35.4. The van der Waals surface area contributed by atoms with Gasteiger partial charge in [0.05, 0.1) is 30.1 Å². The fourth-order valence-electron chi connectivity index (χ4n) is 6.96. The molecule has 3 aromatic rings. The molecule has 2 fully saturated rings. The molecule has 1 atom stereocenters. The number of ether oxygens (including phenoxy) is 1. The second-order valence-electron chi connectivity index (χ2n) is 13.4. The van der Waals surface area contributed by atoms with Crippen molar-refractivity contribution in [2.45, 2.75) is 39.2 Å². The Labute approximate surface area is 293 Å². The van der Waals surface area contributed by atoms with Gasteiger partial charge in [-0.15, -0.1) is 0 Å². The van der Waals surface area contributed by atoms with E-state index in [1.54, 1.807) is 36.3 Å². The van der Waals surface area contributed by atoms with E-state index in [1.165, 1.54) is 11.9 Å². The number of anilines is 2. The third-order valence-electron chi connectivity index (χ3n) is 9.72. The Morgan fingerprint density at radius 3 is 2.52 bits per heavy atom. The molecule has 0 saturated carbocycles. The number of rotatable bonds is 10. The number of hydrogen-bond acceptors (Lipinski definition) is 8. The van der Waals surface area contributed by atoms with Crippen LogP contribution in [0.5, 0.6) is 5.88 Å². The summed E-state index contributed by atoms with van der Waals surface area (Å²) in [5, 5.41) is 19.7. The van der Waals surface area contributed by atoms with Crippen molar-refractivity contribution in [3.05, 3.63) is 89.1 Å². The van der Waals surface area contributed by atoms with E-state index in [0.29, 0.717) is 80.5 Å². The van der Waals surface area contributed by atoms with Crippen molar-refractivity contribution in [3.63, 3.8) is 0 Å². The summed E-state index contributed by atoms with van der Waals surface area (Å²) in [5.74, 6) is 0.826. The third kappa shape index (κ3) is 7.30. The summed E-state index contributed by atoms with van der Waals surface area (Å²) in [6, 6.07) is 16.8. The summed E-state index contributed by atoms with van der Waals surface area (Å²) in [6.45, 7) is 7.16. The van der Waals surface area contributed by atoms with E-state index < -0.39 is 5.41 Å². The highest BCUT2D eigenvalue weighted by Crippen LogP contribution is 2.43. The van der Waals surface area contributed by atoms with Crippen LogP contribution in [0.2, 0.25) is 0 Å². The number of nitrogen functional groups attached to an aromatic ring is 1. The molecule has 0 aliphatic carbocycles. The van der Waals surface area contributed by atoms with E-state index in [1.807, 2.05) is 55.1 Å². The number of aromatic nitrogens is 1. The van der Waals surface area contributed by atoms with Crippen LogP contribution in [0.4, 0.5) is 11.4 Å². The Morgan fingerprint density at radius 2 is 1.84 bits per heavy atom. The maximum Gasteiger partial charge on any atom is 0.237 e. The lowest BCUT2D eigenvalue weighted by atomic mass is 9.85. The van der Waals surface area contributed by atoms with Crippen molar-refractivity contribution >= 4 is 46.6 Å². The number of nitrogens with zero attached hydrogens (tertiary/aromatic N) is 5. The predicted molar refractivity (Wildman–Crippen MR) is 197 cm³/mol. The minimum Gasteiger partial charge on any atom is -0.475 e. The Hall–Kier alpha value is -5.36. The number of amidine groups is 1. The number of nitrogens with two attached hydrogens (primary N) is 1. The highest BCUT2D eigenvalue weighted by molar-refractivity contribution is 6.14. The quantitative estimate of drug-likeness (QED) is 0.142. The van der Waals surface area contributed by atoms with Crippen LogP contribution in [0.15, 0.2) is 71.9 Å². The van der Waals surface area contributed by atoms with Gasteiger partial charge in [0.25, 0.3) is 0 Å². The minimum absolute atomic E-state index is 0.00132. The first-order valence-electron chi connectivity index (χ1n) is 17.1. The van der Waals surface area contributed by atoms with Crippen molar-refractivity contribution < 1.29 is 14.3 Å². The van der Waals surface area contributed by atoms with Gasteiger partial charge >= 0.3 is 0 Å². The van der Waals surface area contributed by atoms with Crippen molar-refractivity contribution in [3.8, 4) is 5.88 Å². The molecule has 1 spiro atoms. The molecule has 1 unspecified atom stereocenters. The van der Waals surface area contributed by atoms with Gasteiger partial charge in [-0.3, -0.25) is 25.3 Å². The number of carbonyl (C=O) groups is 2. The summed E-state index contributed by atoms with van der Waals surface area (Å²) >= 11 is 0. The van der Waals surface area contributed by atoms with Gasteiger partial charge in [0.2, 0.25) is 17.7 Å². The van der Waals surface area contributed by atoms with E-state index in [0.717, 1.165) is 17.5 Å². The fraction of sp³-hybridized carbons (Fsp3) is 0.368. The van der Waals surface area contributed by atoms with Gasteiger partial charge in [-0.05, 0) is 75.1 Å². The average molecular weight is 676 g/mol. The molecule has 3 aliphatic rings. The van der Waals surface area contributed by atoms with E-state index in [2.05, 4.69) is 26.3 Å². The Balaban J connectivity index is 1.04. The molecule has 2 amide bonds. The van der Waals surface area contributed by atoms with Crippen molar-refractivity contribution in [1.29, 1.82) is 10.8 Å². The van der Waals surface area contributed by atoms with Crippen LogP contribution >= 0.6 is 0 Å². The summed E-state index contributed by atoms with van der Waals surface area (Å²) in [7, 11) is 1.74. The zero-order valence-electron chi connectivity index (χ0n) is 28.9. The van der Waals surface area contributed by atoms with Gasteiger partial charge in [-0.2, -0.15) is 0 Å². The number of pyridine rings is 1. The number of aliphatic imine (C=N–C) groups is 1. The van der Waals surface area contributed by atoms with Crippen LogP contribution < -0.4 is 20.7 Å². The van der Waals surface area contributed by atoms with Gasteiger partial charge in [0.15, 0.2) is 5.84 Å². The van der Waals surface area contributed by atoms with Crippen LogP contribution in [0.3, 0.4) is 0 Å². The Bertz CT molecular complexity index is 1830. The van der Waals surface area contributed by atoms with Gasteiger partial charge in [0, 0.05) is 73.6 Å². The van der Waals surface area contributed by atoms with Crippen LogP contribution in [0, 0.1) is 16.2 Å². The summed E-state index contributed by atoms with van der Waals surface area (Å²) < 4.78 is 5.63. The molecule has 12 nitrogen and oxygen atoms in total. The highest BCUT2D eigenvalue weighted by atomic mass is 16.5. The van der Waals surface area contributed by atoms with Gasteiger partial charge < -0.3 is 25.6 Å². The largest absolute Gasteiger partial charge is 0.475 e. The normalized spacial score (nSPS) is 19.4. The molecular weight excluding hydrogens is 630 g/mol. The summed E-state index contributed by atoms with van der Waals surface area (Å²) in [4.78, 5) is 41.5. The predicted octanol–water partition coefficient (Wildman–Crippen LogP) is 4.18.